The minimum absolute atomic E-state index is 0.235. The summed E-state index contributed by atoms with van der Waals surface area (Å²) in [6.45, 7) is 2.97. The summed E-state index contributed by atoms with van der Waals surface area (Å²) in [5, 5.41) is 0. The molecule has 2 aromatic heterocycles. The summed E-state index contributed by atoms with van der Waals surface area (Å²) in [6.07, 6.45) is 4.14. The number of nitrogens with zero attached hydrogens (tertiary/aromatic N) is 2. The van der Waals surface area contributed by atoms with Crippen molar-refractivity contribution < 1.29 is 13.9 Å². The van der Waals surface area contributed by atoms with Crippen LogP contribution in [0.5, 0.6) is 11.5 Å². The zero-order valence-corrected chi connectivity index (χ0v) is 18.4. The Bertz CT molecular complexity index is 1270. The average molecular weight is 445 g/mol. The van der Waals surface area contributed by atoms with Gasteiger partial charge >= 0.3 is 0 Å². The molecule has 0 saturated heterocycles. The highest BCUT2D eigenvalue weighted by atomic mass is 32.1. The SMILES string of the molecule is Cc1scnc1C1=C(c2ccc(F)cc2)Cc2cc(OCCOc3ccncc3)ccc21. The zero-order chi connectivity index (χ0) is 21.9. The van der Waals surface area contributed by atoms with Crippen LogP contribution >= 0.6 is 11.3 Å². The van der Waals surface area contributed by atoms with Gasteiger partial charge in [-0.25, -0.2) is 9.37 Å². The van der Waals surface area contributed by atoms with E-state index in [-0.39, 0.29) is 5.82 Å². The quantitative estimate of drug-likeness (QED) is 0.330. The summed E-state index contributed by atoms with van der Waals surface area (Å²) in [4.78, 5) is 9.78. The molecule has 0 spiro atoms. The maximum atomic E-state index is 13.5. The fourth-order valence-electron chi connectivity index (χ4n) is 3.96. The predicted octanol–water partition coefficient (Wildman–Crippen LogP) is 5.96. The second-order valence-corrected chi connectivity index (χ2v) is 8.55. The summed E-state index contributed by atoms with van der Waals surface area (Å²) < 4.78 is 25.1. The molecule has 4 nitrogen and oxygen atoms in total. The second-order valence-electron chi connectivity index (χ2n) is 7.49. The fraction of sp³-hybridized carbons (Fsp3) is 0.154. The normalized spacial score (nSPS) is 12.7. The fourth-order valence-corrected chi connectivity index (χ4v) is 4.54. The van der Waals surface area contributed by atoms with Crippen LogP contribution in [0.25, 0.3) is 11.1 Å². The van der Waals surface area contributed by atoms with E-state index >= 15 is 0 Å². The number of hydrogen-bond donors (Lipinski definition) is 0. The monoisotopic (exact) mass is 444 g/mol. The Morgan fingerprint density at radius 3 is 2.41 bits per heavy atom. The van der Waals surface area contributed by atoms with Gasteiger partial charge < -0.3 is 9.47 Å². The van der Waals surface area contributed by atoms with Gasteiger partial charge in [-0.2, -0.15) is 0 Å². The van der Waals surface area contributed by atoms with E-state index in [4.69, 9.17) is 9.47 Å². The molecule has 0 unspecified atom stereocenters. The third-order valence-corrected chi connectivity index (χ3v) is 6.22. The molecule has 0 amide bonds. The lowest BCUT2D eigenvalue weighted by atomic mass is 9.97. The summed E-state index contributed by atoms with van der Waals surface area (Å²) in [5.41, 5.74) is 8.49. The standard InChI is InChI=1S/C26H21FN2O2S/c1-17-26(29-16-32-17)25-23-7-6-22(31-13-12-30-21-8-10-28-11-9-21)14-19(23)15-24(25)18-2-4-20(27)5-3-18/h2-11,14,16H,12-13,15H2,1H3. The first-order chi connectivity index (χ1) is 15.7. The van der Waals surface area contributed by atoms with Crippen molar-refractivity contribution >= 4 is 22.5 Å². The molecule has 2 heterocycles. The zero-order valence-electron chi connectivity index (χ0n) is 17.5. The maximum absolute atomic E-state index is 13.5. The van der Waals surface area contributed by atoms with Gasteiger partial charge in [0.25, 0.3) is 0 Å². The summed E-state index contributed by atoms with van der Waals surface area (Å²) in [7, 11) is 0. The first-order valence-corrected chi connectivity index (χ1v) is 11.3. The lowest BCUT2D eigenvalue weighted by Gasteiger charge is -2.10. The molecule has 32 heavy (non-hydrogen) atoms. The number of hydrogen-bond acceptors (Lipinski definition) is 5. The number of thiazole rings is 1. The first kappa shape index (κ1) is 20.4. The molecule has 0 fully saturated rings. The van der Waals surface area contributed by atoms with Crippen molar-refractivity contribution in [1.29, 1.82) is 0 Å². The predicted molar refractivity (Wildman–Crippen MR) is 125 cm³/mol. The highest BCUT2D eigenvalue weighted by molar-refractivity contribution is 7.09. The van der Waals surface area contributed by atoms with Gasteiger partial charge in [0, 0.05) is 22.8 Å². The number of fused-ring (bicyclic) bond motifs is 1. The highest BCUT2D eigenvalue weighted by Gasteiger charge is 2.26. The lowest BCUT2D eigenvalue weighted by molar-refractivity contribution is 0.217. The number of benzene rings is 2. The van der Waals surface area contributed by atoms with Crippen LogP contribution in [0.1, 0.15) is 27.3 Å². The number of allylic oxidation sites excluding steroid dienone is 1. The van der Waals surface area contributed by atoms with Crippen molar-refractivity contribution in [3.8, 4) is 11.5 Å². The molecule has 6 heteroatoms. The van der Waals surface area contributed by atoms with Gasteiger partial charge in [-0.05, 0) is 72.0 Å². The van der Waals surface area contributed by atoms with Gasteiger partial charge in [-0.15, -0.1) is 11.3 Å². The van der Waals surface area contributed by atoms with Crippen molar-refractivity contribution in [2.45, 2.75) is 13.3 Å². The van der Waals surface area contributed by atoms with E-state index in [0.717, 1.165) is 45.9 Å². The van der Waals surface area contributed by atoms with E-state index in [0.29, 0.717) is 13.2 Å². The number of ether oxygens (including phenoxy) is 2. The second kappa shape index (κ2) is 8.93. The Morgan fingerprint density at radius 1 is 0.938 bits per heavy atom. The molecular weight excluding hydrogens is 423 g/mol. The molecule has 0 saturated carbocycles. The third-order valence-electron chi connectivity index (χ3n) is 5.46. The van der Waals surface area contributed by atoms with Crippen molar-refractivity contribution in [1.82, 2.24) is 9.97 Å². The largest absolute Gasteiger partial charge is 0.490 e. The van der Waals surface area contributed by atoms with Crippen molar-refractivity contribution in [2.75, 3.05) is 13.2 Å². The summed E-state index contributed by atoms with van der Waals surface area (Å²) in [6, 6.07) is 16.5. The molecule has 0 radical (unpaired) electrons. The number of aryl methyl sites for hydroxylation is 1. The van der Waals surface area contributed by atoms with Crippen LogP contribution in [0.3, 0.4) is 0 Å². The molecule has 1 aliphatic rings. The molecule has 4 aromatic rings. The van der Waals surface area contributed by atoms with Gasteiger partial charge in [0.05, 0.1) is 11.2 Å². The topological polar surface area (TPSA) is 44.2 Å². The van der Waals surface area contributed by atoms with E-state index in [1.807, 2.05) is 35.8 Å². The minimum Gasteiger partial charge on any atom is -0.490 e. The Balaban J connectivity index is 1.38. The van der Waals surface area contributed by atoms with Crippen molar-refractivity contribution in [3.05, 3.63) is 106 Å². The Labute approximate surface area is 190 Å². The summed E-state index contributed by atoms with van der Waals surface area (Å²) >= 11 is 1.63. The third kappa shape index (κ3) is 4.14. The van der Waals surface area contributed by atoms with E-state index in [1.165, 1.54) is 22.6 Å². The van der Waals surface area contributed by atoms with Gasteiger partial charge in [0.1, 0.15) is 30.5 Å². The van der Waals surface area contributed by atoms with Gasteiger partial charge in [0.15, 0.2) is 0 Å². The molecule has 1 aliphatic carbocycles. The minimum atomic E-state index is -0.235. The van der Waals surface area contributed by atoms with Crippen molar-refractivity contribution in [2.24, 2.45) is 0 Å². The smallest absolute Gasteiger partial charge is 0.123 e. The van der Waals surface area contributed by atoms with Crippen LogP contribution in [-0.2, 0) is 6.42 Å². The highest BCUT2D eigenvalue weighted by Crippen LogP contribution is 2.44. The molecule has 5 rings (SSSR count). The van der Waals surface area contributed by atoms with Gasteiger partial charge in [0.2, 0.25) is 0 Å². The van der Waals surface area contributed by atoms with E-state index < -0.39 is 0 Å². The maximum Gasteiger partial charge on any atom is 0.123 e. The van der Waals surface area contributed by atoms with Crippen LogP contribution in [0.15, 0.2) is 72.5 Å². The number of aromatic nitrogens is 2. The molecule has 0 bridgehead atoms. The van der Waals surface area contributed by atoms with Crippen LogP contribution in [0.2, 0.25) is 0 Å². The average Bonchev–Trinajstić information content (AvgIpc) is 3.40. The molecule has 0 atom stereocenters. The molecule has 0 aliphatic heterocycles. The molecule has 160 valence electrons. The Morgan fingerprint density at radius 2 is 1.69 bits per heavy atom. The Kier molecular flexibility index (Phi) is 5.69. The molecule has 2 aromatic carbocycles. The van der Waals surface area contributed by atoms with Gasteiger partial charge in [-0.1, -0.05) is 18.2 Å². The Hall–Kier alpha value is -3.51. The van der Waals surface area contributed by atoms with Crippen LogP contribution < -0.4 is 9.47 Å². The van der Waals surface area contributed by atoms with Crippen LogP contribution in [-0.4, -0.2) is 23.2 Å². The molecular formula is C26H21FN2O2S. The molecule has 0 N–H and O–H groups in total. The van der Waals surface area contributed by atoms with Crippen LogP contribution in [0, 0.1) is 12.7 Å². The number of halogens is 1. The van der Waals surface area contributed by atoms with Gasteiger partial charge in [-0.3, -0.25) is 4.98 Å². The van der Waals surface area contributed by atoms with E-state index in [1.54, 1.807) is 23.7 Å². The van der Waals surface area contributed by atoms with Crippen molar-refractivity contribution in [3.63, 3.8) is 0 Å². The lowest BCUT2D eigenvalue weighted by Crippen LogP contribution is -2.09. The summed E-state index contributed by atoms with van der Waals surface area (Å²) in [5.74, 6) is 1.34. The first-order valence-electron chi connectivity index (χ1n) is 10.4. The van der Waals surface area contributed by atoms with Crippen LogP contribution in [0.4, 0.5) is 4.39 Å². The number of rotatable bonds is 7. The number of pyridine rings is 1. The van der Waals surface area contributed by atoms with E-state index in [9.17, 15) is 4.39 Å². The van der Waals surface area contributed by atoms with E-state index in [2.05, 4.69) is 29.0 Å².